The number of aryl methyl sites for hydroxylation is 1. The molecule has 1 atom stereocenters. The van der Waals surface area contributed by atoms with E-state index in [0.717, 1.165) is 24.8 Å². The summed E-state index contributed by atoms with van der Waals surface area (Å²) in [5.74, 6) is -0.497. The van der Waals surface area contributed by atoms with E-state index in [1.165, 1.54) is 16.5 Å². The van der Waals surface area contributed by atoms with Gasteiger partial charge < -0.3 is 15.0 Å². The number of ether oxygens (including phenoxy) is 1. The van der Waals surface area contributed by atoms with Gasteiger partial charge in [0, 0.05) is 25.1 Å². The molecule has 0 radical (unpaired) electrons. The lowest BCUT2D eigenvalue weighted by Crippen LogP contribution is -2.52. The zero-order valence-corrected chi connectivity index (χ0v) is 21.1. The summed E-state index contributed by atoms with van der Waals surface area (Å²) in [5, 5.41) is 2.96. The molecule has 0 bridgehead atoms. The van der Waals surface area contributed by atoms with Crippen molar-refractivity contribution in [3.8, 4) is 5.75 Å². The molecule has 1 N–H and O–H groups in total. The molecular formula is C30H35FN2O3. The Morgan fingerprint density at radius 2 is 1.61 bits per heavy atom. The van der Waals surface area contributed by atoms with Crippen LogP contribution in [0.2, 0.25) is 0 Å². The minimum Gasteiger partial charge on any atom is -0.484 e. The van der Waals surface area contributed by atoms with Gasteiger partial charge in [0.25, 0.3) is 5.91 Å². The number of nitrogens with one attached hydrogen (secondary N) is 1. The van der Waals surface area contributed by atoms with Crippen molar-refractivity contribution in [1.82, 2.24) is 10.2 Å². The monoisotopic (exact) mass is 490 g/mol. The number of unbranched alkanes of at least 4 members (excludes halogenated alkanes) is 1. The van der Waals surface area contributed by atoms with E-state index in [1.54, 1.807) is 18.2 Å². The molecule has 0 aliphatic rings. The highest BCUT2D eigenvalue weighted by Gasteiger charge is 2.31. The highest BCUT2D eigenvalue weighted by atomic mass is 19.1. The number of amides is 2. The summed E-state index contributed by atoms with van der Waals surface area (Å²) in [5.41, 5.74) is 2.43. The van der Waals surface area contributed by atoms with Gasteiger partial charge >= 0.3 is 0 Å². The Labute approximate surface area is 213 Å². The molecule has 3 aromatic carbocycles. The van der Waals surface area contributed by atoms with Crippen LogP contribution in [0.3, 0.4) is 0 Å². The Morgan fingerprint density at radius 3 is 2.28 bits per heavy atom. The summed E-state index contributed by atoms with van der Waals surface area (Å²) >= 11 is 0. The van der Waals surface area contributed by atoms with Gasteiger partial charge in [-0.25, -0.2) is 4.39 Å². The fourth-order valence-corrected chi connectivity index (χ4v) is 3.92. The van der Waals surface area contributed by atoms with Crippen molar-refractivity contribution in [2.45, 2.75) is 52.1 Å². The first-order chi connectivity index (χ1) is 17.5. The second-order valence-corrected chi connectivity index (χ2v) is 8.75. The molecule has 190 valence electrons. The largest absolute Gasteiger partial charge is 0.484 e. The summed E-state index contributed by atoms with van der Waals surface area (Å²) in [4.78, 5) is 28.3. The number of rotatable bonds is 13. The van der Waals surface area contributed by atoms with Crippen LogP contribution in [0, 0.1) is 5.82 Å². The smallest absolute Gasteiger partial charge is 0.261 e. The third kappa shape index (κ3) is 7.94. The van der Waals surface area contributed by atoms with Crippen LogP contribution < -0.4 is 10.1 Å². The molecule has 5 nitrogen and oxygen atoms in total. The lowest BCUT2D eigenvalue weighted by atomic mass is 10.0. The molecule has 0 aromatic heterocycles. The summed E-state index contributed by atoms with van der Waals surface area (Å²) < 4.78 is 20.4. The highest BCUT2D eigenvalue weighted by molar-refractivity contribution is 5.88. The number of hydrogen-bond acceptors (Lipinski definition) is 3. The van der Waals surface area contributed by atoms with E-state index in [-0.39, 0.29) is 25.0 Å². The lowest BCUT2D eigenvalue weighted by molar-refractivity contribution is -0.142. The molecule has 0 saturated heterocycles. The summed E-state index contributed by atoms with van der Waals surface area (Å²) in [6, 6.07) is 22.6. The van der Waals surface area contributed by atoms with Crippen LogP contribution in [0.25, 0.3) is 0 Å². The highest BCUT2D eigenvalue weighted by Crippen LogP contribution is 2.18. The van der Waals surface area contributed by atoms with Crippen LogP contribution in [-0.4, -0.2) is 35.9 Å². The number of carbonyl (C=O) groups excluding carboxylic acids is 2. The van der Waals surface area contributed by atoms with E-state index in [4.69, 9.17) is 4.74 Å². The van der Waals surface area contributed by atoms with Gasteiger partial charge in [0.15, 0.2) is 6.61 Å². The van der Waals surface area contributed by atoms with Crippen LogP contribution >= 0.6 is 0 Å². The van der Waals surface area contributed by atoms with E-state index in [1.807, 2.05) is 61.5 Å². The van der Waals surface area contributed by atoms with Crippen molar-refractivity contribution < 1.29 is 18.7 Å². The predicted octanol–water partition coefficient (Wildman–Crippen LogP) is 5.32. The first-order valence-electron chi connectivity index (χ1n) is 12.6. The van der Waals surface area contributed by atoms with E-state index >= 15 is 0 Å². The van der Waals surface area contributed by atoms with Crippen LogP contribution in [0.5, 0.6) is 5.75 Å². The molecule has 6 heteroatoms. The Morgan fingerprint density at radius 1 is 0.917 bits per heavy atom. The van der Waals surface area contributed by atoms with Gasteiger partial charge in [0.2, 0.25) is 5.91 Å². The maximum absolute atomic E-state index is 14.6. The number of nitrogens with zero attached hydrogens (tertiary/aromatic N) is 1. The number of benzene rings is 3. The molecule has 0 unspecified atom stereocenters. The lowest BCUT2D eigenvalue weighted by Gasteiger charge is -2.31. The fourth-order valence-electron chi connectivity index (χ4n) is 3.92. The van der Waals surface area contributed by atoms with Gasteiger partial charge in [-0.15, -0.1) is 0 Å². The van der Waals surface area contributed by atoms with Crippen molar-refractivity contribution in [2.75, 3.05) is 13.2 Å². The molecule has 36 heavy (non-hydrogen) atoms. The summed E-state index contributed by atoms with van der Waals surface area (Å²) in [6.45, 7) is 4.34. The summed E-state index contributed by atoms with van der Waals surface area (Å²) in [6.07, 6.45) is 2.99. The molecule has 0 saturated carbocycles. The topological polar surface area (TPSA) is 58.6 Å². The van der Waals surface area contributed by atoms with Gasteiger partial charge in [0.05, 0.1) is 0 Å². The Kier molecular flexibility index (Phi) is 10.5. The van der Waals surface area contributed by atoms with Gasteiger partial charge in [0.1, 0.15) is 17.6 Å². The Hall–Kier alpha value is -3.67. The van der Waals surface area contributed by atoms with Gasteiger partial charge in [-0.05, 0) is 42.2 Å². The third-order valence-electron chi connectivity index (χ3n) is 6.09. The number of hydrogen-bond donors (Lipinski definition) is 1. The molecule has 0 spiro atoms. The fraction of sp³-hybridized carbons (Fsp3) is 0.333. The zero-order valence-electron chi connectivity index (χ0n) is 21.1. The van der Waals surface area contributed by atoms with E-state index in [9.17, 15) is 14.0 Å². The predicted molar refractivity (Wildman–Crippen MR) is 140 cm³/mol. The Balaban J connectivity index is 1.87. The quantitative estimate of drug-likeness (QED) is 0.330. The van der Waals surface area contributed by atoms with Crippen LogP contribution in [0.4, 0.5) is 4.39 Å². The zero-order chi connectivity index (χ0) is 25.8. The van der Waals surface area contributed by atoms with Crippen molar-refractivity contribution in [3.63, 3.8) is 0 Å². The second kappa shape index (κ2) is 14.0. The summed E-state index contributed by atoms with van der Waals surface area (Å²) in [7, 11) is 0. The molecular weight excluding hydrogens is 455 g/mol. The molecule has 0 fully saturated rings. The van der Waals surface area contributed by atoms with E-state index in [0.29, 0.717) is 24.3 Å². The average molecular weight is 491 g/mol. The molecule has 0 aliphatic carbocycles. The molecule has 3 aromatic rings. The molecule has 0 aliphatic heterocycles. The molecule has 3 rings (SSSR count). The minimum absolute atomic E-state index is 0.0393. The minimum atomic E-state index is -0.817. The number of halogens is 1. The first kappa shape index (κ1) is 26.9. The van der Waals surface area contributed by atoms with Crippen molar-refractivity contribution >= 4 is 11.8 Å². The second-order valence-electron chi connectivity index (χ2n) is 8.75. The standard InChI is InChI=1S/C30H35FN2O3/c1-3-5-19-32-30(35)28(20-24-11-7-6-8-12-24)33(21-25-13-9-10-14-27(25)31)29(34)22-36-26-17-15-23(4-2)16-18-26/h6-18,28H,3-5,19-22H2,1-2H3,(H,32,35)/t28-/m0/s1. The van der Waals surface area contributed by atoms with Crippen LogP contribution in [-0.2, 0) is 29.0 Å². The van der Waals surface area contributed by atoms with E-state index < -0.39 is 11.9 Å². The molecule has 2 amide bonds. The van der Waals surface area contributed by atoms with E-state index in [2.05, 4.69) is 12.2 Å². The normalized spacial score (nSPS) is 11.5. The van der Waals surface area contributed by atoms with Crippen molar-refractivity contribution in [2.24, 2.45) is 0 Å². The van der Waals surface area contributed by atoms with Gasteiger partial charge in [-0.1, -0.05) is 80.9 Å². The SMILES string of the molecule is CCCCNC(=O)[C@H](Cc1ccccc1)N(Cc1ccccc1F)C(=O)COc1ccc(CC)cc1. The van der Waals surface area contributed by atoms with Crippen LogP contribution in [0.1, 0.15) is 43.4 Å². The average Bonchev–Trinajstić information content (AvgIpc) is 2.91. The maximum atomic E-state index is 14.6. The number of carbonyl (C=O) groups is 2. The third-order valence-corrected chi connectivity index (χ3v) is 6.09. The van der Waals surface area contributed by atoms with Gasteiger partial charge in [-0.2, -0.15) is 0 Å². The van der Waals surface area contributed by atoms with Gasteiger partial charge in [-0.3, -0.25) is 9.59 Å². The van der Waals surface area contributed by atoms with Crippen LogP contribution in [0.15, 0.2) is 78.9 Å². The van der Waals surface area contributed by atoms with Crippen molar-refractivity contribution in [1.29, 1.82) is 0 Å². The maximum Gasteiger partial charge on any atom is 0.261 e. The van der Waals surface area contributed by atoms with Crippen molar-refractivity contribution in [3.05, 3.63) is 101 Å². The molecule has 0 heterocycles. The first-order valence-corrected chi connectivity index (χ1v) is 12.6. The Bertz CT molecular complexity index is 1100.